The highest BCUT2D eigenvalue weighted by Gasteiger charge is 2.22. The first-order valence-corrected chi connectivity index (χ1v) is 10.6. The second-order valence-corrected chi connectivity index (χ2v) is 9.44. The Morgan fingerprint density at radius 1 is 1.15 bits per heavy atom. The predicted octanol–water partition coefficient (Wildman–Crippen LogP) is 2.43. The molecule has 27 heavy (non-hydrogen) atoms. The Hall–Kier alpha value is -2.09. The second-order valence-electron chi connectivity index (χ2n) is 7.42. The Morgan fingerprint density at radius 2 is 1.78 bits per heavy atom. The Morgan fingerprint density at radius 3 is 2.37 bits per heavy atom. The molecule has 2 aromatic rings. The summed E-state index contributed by atoms with van der Waals surface area (Å²) in [6.45, 7) is 4.42. The molecule has 1 atom stereocenters. The Labute approximate surface area is 161 Å². The van der Waals surface area contributed by atoms with Gasteiger partial charge in [-0.3, -0.25) is 4.31 Å². The van der Waals surface area contributed by atoms with E-state index in [2.05, 4.69) is 31.3 Å². The second kappa shape index (κ2) is 8.29. The molecule has 0 aliphatic rings. The molecule has 0 heterocycles. The van der Waals surface area contributed by atoms with Crippen molar-refractivity contribution in [1.29, 1.82) is 0 Å². The number of phenols is 1. The quantitative estimate of drug-likeness (QED) is 0.642. The van der Waals surface area contributed by atoms with Gasteiger partial charge in [0.1, 0.15) is 5.75 Å². The largest absolute Gasteiger partial charge is 0.506 e. The minimum absolute atomic E-state index is 0.137. The van der Waals surface area contributed by atoms with Crippen LogP contribution in [-0.4, -0.2) is 44.0 Å². The SMILES string of the molecule is CN(c1cc(C(O)CNC(C)(C)Cc2ccccc2)ccc1O)S(C)(=O)=O. The van der Waals surface area contributed by atoms with Gasteiger partial charge in [0.2, 0.25) is 10.0 Å². The maximum absolute atomic E-state index is 11.7. The van der Waals surface area contributed by atoms with E-state index in [1.165, 1.54) is 24.7 Å². The van der Waals surface area contributed by atoms with E-state index in [0.717, 1.165) is 17.0 Å². The number of benzene rings is 2. The van der Waals surface area contributed by atoms with E-state index in [1.807, 2.05) is 18.2 Å². The zero-order chi connectivity index (χ0) is 20.2. The summed E-state index contributed by atoms with van der Waals surface area (Å²) in [5.41, 5.74) is 1.64. The standard InChI is InChI=1S/C20H28N2O4S/c1-20(2,13-15-8-6-5-7-9-15)21-14-19(24)16-10-11-18(23)17(12-16)22(3)27(4,25)26/h5-12,19,21,23-24H,13-14H2,1-4H3. The summed E-state index contributed by atoms with van der Waals surface area (Å²) < 4.78 is 24.5. The van der Waals surface area contributed by atoms with Crippen molar-refractivity contribution in [3.8, 4) is 5.75 Å². The van der Waals surface area contributed by atoms with Crippen LogP contribution in [0.3, 0.4) is 0 Å². The first kappa shape index (κ1) is 21.2. The Bertz CT molecular complexity index is 867. The number of aromatic hydroxyl groups is 1. The topological polar surface area (TPSA) is 89.9 Å². The van der Waals surface area contributed by atoms with E-state index in [0.29, 0.717) is 12.1 Å². The van der Waals surface area contributed by atoms with Crippen LogP contribution in [0.15, 0.2) is 48.5 Å². The fraction of sp³-hybridized carbons (Fsp3) is 0.400. The molecule has 148 valence electrons. The van der Waals surface area contributed by atoms with Gasteiger partial charge >= 0.3 is 0 Å². The lowest BCUT2D eigenvalue weighted by atomic mass is 9.94. The van der Waals surface area contributed by atoms with Crippen molar-refractivity contribution >= 4 is 15.7 Å². The molecule has 6 nitrogen and oxygen atoms in total. The smallest absolute Gasteiger partial charge is 0.232 e. The number of hydrogen-bond donors (Lipinski definition) is 3. The van der Waals surface area contributed by atoms with Gasteiger partial charge in [-0.05, 0) is 43.5 Å². The van der Waals surface area contributed by atoms with Gasteiger partial charge in [0.05, 0.1) is 18.0 Å². The minimum atomic E-state index is -3.51. The van der Waals surface area contributed by atoms with Gasteiger partial charge in [0.25, 0.3) is 0 Å². The average molecular weight is 393 g/mol. The van der Waals surface area contributed by atoms with E-state index in [-0.39, 0.29) is 17.0 Å². The molecule has 0 amide bonds. The summed E-state index contributed by atoms with van der Waals surface area (Å²) in [4.78, 5) is 0. The van der Waals surface area contributed by atoms with Gasteiger partial charge in [-0.2, -0.15) is 0 Å². The predicted molar refractivity (Wildman–Crippen MR) is 109 cm³/mol. The van der Waals surface area contributed by atoms with Crippen LogP contribution < -0.4 is 9.62 Å². The molecular weight excluding hydrogens is 364 g/mol. The number of nitrogens with one attached hydrogen (secondary N) is 1. The van der Waals surface area contributed by atoms with E-state index in [1.54, 1.807) is 6.07 Å². The first-order chi connectivity index (χ1) is 12.5. The van der Waals surface area contributed by atoms with Crippen molar-refractivity contribution < 1.29 is 18.6 Å². The van der Waals surface area contributed by atoms with Gasteiger partial charge in [0.15, 0.2) is 0 Å². The van der Waals surface area contributed by atoms with Crippen LogP contribution in [-0.2, 0) is 16.4 Å². The molecule has 7 heteroatoms. The summed E-state index contributed by atoms with van der Waals surface area (Å²) in [6.07, 6.45) is 1.02. The van der Waals surface area contributed by atoms with E-state index in [4.69, 9.17) is 0 Å². The maximum atomic E-state index is 11.7. The van der Waals surface area contributed by atoms with Crippen molar-refractivity contribution in [2.45, 2.75) is 31.9 Å². The lowest BCUT2D eigenvalue weighted by Crippen LogP contribution is -2.43. The maximum Gasteiger partial charge on any atom is 0.232 e. The molecule has 1 unspecified atom stereocenters. The fourth-order valence-electron chi connectivity index (χ4n) is 2.84. The van der Waals surface area contributed by atoms with E-state index in [9.17, 15) is 18.6 Å². The number of aliphatic hydroxyl groups excluding tert-OH is 1. The number of anilines is 1. The van der Waals surface area contributed by atoms with Crippen molar-refractivity contribution in [3.05, 3.63) is 59.7 Å². The van der Waals surface area contributed by atoms with Crippen LogP contribution in [0.5, 0.6) is 5.75 Å². The fourth-order valence-corrected chi connectivity index (χ4v) is 3.34. The molecule has 0 saturated carbocycles. The molecule has 0 saturated heterocycles. The number of phenolic OH excluding ortho intramolecular Hbond substituents is 1. The number of rotatable bonds is 8. The van der Waals surface area contributed by atoms with Gasteiger partial charge in [-0.15, -0.1) is 0 Å². The van der Waals surface area contributed by atoms with Crippen LogP contribution in [0.1, 0.15) is 31.1 Å². The monoisotopic (exact) mass is 392 g/mol. The molecular formula is C20H28N2O4S. The molecule has 2 rings (SSSR count). The highest BCUT2D eigenvalue weighted by molar-refractivity contribution is 7.92. The van der Waals surface area contributed by atoms with Crippen molar-refractivity contribution in [2.75, 3.05) is 24.2 Å². The minimum Gasteiger partial charge on any atom is -0.506 e. The third kappa shape index (κ3) is 5.95. The molecule has 0 aromatic heterocycles. The molecule has 0 fully saturated rings. The van der Waals surface area contributed by atoms with Gasteiger partial charge in [-0.25, -0.2) is 8.42 Å². The zero-order valence-electron chi connectivity index (χ0n) is 16.2. The lowest BCUT2D eigenvalue weighted by molar-refractivity contribution is 0.160. The van der Waals surface area contributed by atoms with Gasteiger partial charge < -0.3 is 15.5 Å². The summed E-state index contributed by atoms with van der Waals surface area (Å²) >= 11 is 0. The third-order valence-electron chi connectivity index (χ3n) is 4.48. The van der Waals surface area contributed by atoms with Crippen LogP contribution in [0, 0.1) is 0 Å². The zero-order valence-corrected chi connectivity index (χ0v) is 17.0. The Kier molecular flexibility index (Phi) is 6.51. The normalized spacial score (nSPS) is 13.4. The summed E-state index contributed by atoms with van der Waals surface area (Å²) in [6, 6.07) is 14.6. The Balaban J connectivity index is 2.08. The first-order valence-electron chi connectivity index (χ1n) is 8.73. The lowest BCUT2D eigenvalue weighted by Gasteiger charge is -2.28. The van der Waals surface area contributed by atoms with Crippen molar-refractivity contribution in [2.24, 2.45) is 0 Å². The number of β-amino-alcohol motifs (C(OH)–C–C–N with tert-alkyl or cyclic N) is 1. The molecule has 0 spiro atoms. The number of hydrogen-bond acceptors (Lipinski definition) is 5. The van der Waals surface area contributed by atoms with Crippen LogP contribution in [0.25, 0.3) is 0 Å². The molecule has 2 aromatic carbocycles. The van der Waals surface area contributed by atoms with Crippen molar-refractivity contribution in [1.82, 2.24) is 5.32 Å². The summed E-state index contributed by atoms with van der Waals surface area (Å²) in [7, 11) is -2.15. The molecule has 0 aliphatic heterocycles. The van der Waals surface area contributed by atoms with E-state index < -0.39 is 16.1 Å². The number of nitrogens with zero attached hydrogens (tertiary/aromatic N) is 1. The highest BCUT2D eigenvalue weighted by Crippen LogP contribution is 2.31. The van der Waals surface area contributed by atoms with Crippen LogP contribution >= 0.6 is 0 Å². The molecule has 0 bridgehead atoms. The molecule has 3 N–H and O–H groups in total. The number of sulfonamides is 1. The van der Waals surface area contributed by atoms with Gasteiger partial charge in [-0.1, -0.05) is 36.4 Å². The molecule has 0 aliphatic carbocycles. The molecule has 0 radical (unpaired) electrons. The van der Waals surface area contributed by atoms with Crippen molar-refractivity contribution in [3.63, 3.8) is 0 Å². The highest BCUT2D eigenvalue weighted by atomic mass is 32.2. The average Bonchev–Trinajstić information content (AvgIpc) is 2.59. The third-order valence-corrected chi connectivity index (χ3v) is 5.68. The summed E-state index contributed by atoms with van der Waals surface area (Å²) in [5.74, 6) is -0.156. The van der Waals surface area contributed by atoms with Crippen LogP contribution in [0.2, 0.25) is 0 Å². The van der Waals surface area contributed by atoms with Crippen LogP contribution in [0.4, 0.5) is 5.69 Å². The van der Waals surface area contributed by atoms with Gasteiger partial charge in [0, 0.05) is 19.1 Å². The summed E-state index contributed by atoms with van der Waals surface area (Å²) in [5, 5.41) is 23.9. The number of aliphatic hydroxyl groups is 1. The van der Waals surface area contributed by atoms with E-state index >= 15 is 0 Å².